The second kappa shape index (κ2) is 7.26. The van der Waals surface area contributed by atoms with E-state index in [1.54, 1.807) is 0 Å². The lowest BCUT2D eigenvalue weighted by atomic mass is 10.8. The standard InChI is InChI=1S/C3H9N3S.BrH/c4-1-2-7-3(5)6;/h1-2,4H2,(H3,5,6);1H/p-1. The summed E-state index contributed by atoms with van der Waals surface area (Å²) in [4.78, 5) is 0. The van der Waals surface area contributed by atoms with Gasteiger partial charge in [-0.3, -0.25) is 5.41 Å². The first-order valence-electron chi connectivity index (χ1n) is 1.94. The Morgan fingerprint density at radius 1 is 1.62 bits per heavy atom. The molecule has 0 radical (unpaired) electrons. The van der Waals surface area contributed by atoms with Crippen LogP contribution < -0.4 is 28.4 Å². The van der Waals surface area contributed by atoms with Gasteiger partial charge in [0.15, 0.2) is 5.17 Å². The van der Waals surface area contributed by atoms with E-state index in [1.165, 1.54) is 11.8 Å². The Morgan fingerprint density at radius 2 is 2.12 bits per heavy atom. The second-order valence-electron chi connectivity index (χ2n) is 1.00. The molecule has 8 heavy (non-hydrogen) atoms. The maximum Gasteiger partial charge on any atom is 0.151 e. The Hall–Kier alpha value is 0.260. The summed E-state index contributed by atoms with van der Waals surface area (Å²) in [6, 6.07) is 0. The van der Waals surface area contributed by atoms with Gasteiger partial charge in [0.2, 0.25) is 0 Å². The number of thioether (sulfide) groups is 1. The molecule has 0 aliphatic rings. The van der Waals surface area contributed by atoms with Gasteiger partial charge >= 0.3 is 0 Å². The first kappa shape index (κ1) is 11.1. The lowest BCUT2D eigenvalue weighted by molar-refractivity contribution is -0.00000190. The monoisotopic (exact) mass is 198 g/mol. The minimum Gasteiger partial charge on any atom is -1.00 e. The number of halogens is 1. The average molecular weight is 199 g/mol. The minimum atomic E-state index is 0. The highest BCUT2D eigenvalue weighted by Crippen LogP contribution is 1.92. The summed E-state index contributed by atoms with van der Waals surface area (Å²) in [5.74, 6) is 0.745. The van der Waals surface area contributed by atoms with E-state index >= 15 is 0 Å². The van der Waals surface area contributed by atoms with Crippen molar-refractivity contribution in [2.24, 2.45) is 11.5 Å². The van der Waals surface area contributed by atoms with Gasteiger partial charge in [-0.05, 0) is 0 Å². The third kappa shape index (κ3) is 9.54. The van der Waals surface area contributed by atoms with Crippen LogP contribution in [0.2, 0.25) is 0 Å². The zero-order valence-corrected chi connectivity index (χ0v) is 6.76. The zero-order valence-electron chi connectivity index (χ0n) is 4.36. The molecule has 0 rings (SSSR count). The summed E-state index contributed by atoms with van der Waals surface area (Å²) in [5, 5.41) is 6.83. The van der Waals surface area contributed by atoms with Crippen molar-refractivity contribution in [1.82, 2.24) is 0 Å². The number of nitrogens with one attached hydrogen (secondary N) is 1. The summed E-state index contributed by atoms with van der Waals surface area (Å²) >= 11 is 1.27. The van der Waals surface area contributed by atoms with Crippen LogP contribution in [0.25, 0.3) is 0 Å². The SMILES string of the molecule is N=C(N)SCCN.[Br-]. The molecule has 0 aromatic heterocycles. The highest BCUT2D eigenvalue weighted by Gasteiger charge is 1.84. The summed E-state index contributed by atoms with van der Waals surface area (Å²) in [7, 11) is 0. The number of hydrogen-bond donors (Lipinski definition) is 3. The lowest BCUT2D eigenvalue weighted by Gasteiger charge is -1.90. The van der Waals surface area contributed by atoms with Crippen molar-refractivity contribution in [3.8, 4) is 0 Å². The number of nitrogens with two attached hydrogens (primary N) is 2. The molecule has 0 bridgehead atoms. The fraction of sp³-hybridized carbons (Fsp3) is 0.667. The molecule has 0 atom stereocenters. The van der Waals surface area contributed by atoms with Crippen LogP contribution in [0.5, 0.6) is 0 Å². The number of hydrogen-bond acceptors (Lipinski definition) is 3. The molecule has 0 saturated heterocycles. The van der Waals surface area contributed by atoms with Crippen molar-refractivity contribution in [3.63, 3.8) is 0 Å². The minimum absolute atomic E-state index is 0. The third-order valence-corrected chi connectivity index (χ3v) is 1.13. The van der Waals surface area contributed by atoms with E-state index in [2.05, 4.69) is 0 Å². The van der Waals surface area contributed by atoms with Crippen LogP contribution in [0.1, 0.15) is 0 Å². The molecule has 0 fully saturated rings. The van der Waals surface area contributed by atoms with Crippen molar-refractivity contribution in [2.45, 2.75) is 0 Å². The van der Waals surface area contributed by atoms with Gasteiger partial charge in [0.1, 0.15) is 0 Å². The van der Waals surface area contributed by atoms with Crippen LogP contribution in [0, 0.1) is 5.41 Å². The predicted molar refractivity (Wildman–Crippen MR) is 33.4 cm³/mol. The van der Waals surface area contributed by atoms with Gasteiger partial charge in [0.25, 0.3) is 0 Å². The Morgan fingerprint density at radius 3 is 2.25 bits per heavy atom. The van der Waals surface area contributed by atoms with E-state index in [9.17, 15) is 0 Å². The summed E-state index contributed by atoms with van der Waals surface area (Å²) in [5.41, 5.74) is 10.1. The van der Waals surface area contributed by atoms with Gasteiger partial charge in [0.05, 0.1) is 0 Å². The Balaban J connectivity index is 0. The fourth-order valence-corrected chi connectivity index (χ4v) is 0.507. The largest absolute Gasteiger partial charge is 1.00 e. The van der Waals surface area contributed by atoms with Crippen LogP contribution in [-0.2, 0) is 0 Å². The maximum atomic E-state index is 6.68. The second-order valence-corrected chi connectivity index (χ2v) is 2.14. The van der Waals surface area contributed by atoms with Gasteiger partial charge in [0, 0.05) is 12.3 Å². The van der Waals surface area contributed by atoms with Crippen LogP contribution in [0.4, 0.5) is 0 Å². The molecule has 0 heterocycles. The van der Waals surface area contributed by atoms with Crippen molar-refractivity contribution in [1.29, 1.82) is 5.41 Å². The van der Waals surface area contributed by atoms with Crippen molar-refractivity contribution in [2.75, 3.05) is 12.3 Å². The maximum absolute atomic E-state index is 6.68. The van der Waals surface area contributed by atoms with Crippen LogP contribution >= 0.6 is 11.8 Å². The average Bonchev–Trinajstić information content (AvgIpc) is 1.61. The molecule has 3 nitrogen and oxygen atoms in total. The first-order chi connectivity index (χ1) is 3.27. The molecule has 0 saturated carbocycles. The van der Waals surface area contributed by atoms with E-state index in [-0.39, 0.29) is 22.1 Å². The van der Waals surface area contributed by atoms with Crippen LogP contribution in [0.15, 0.2) is 0 Å². The first-order valence-corrected chi connectivity index (χ1v) is 2.93. The molecule has 5 heteroatoms. The topological polar surface area (TPSA) is 75.9 Å². The molecule has 0 aromatic carbocycles. The highest BCUT2D eigenvalue weighted by molar-refractivity contribution is 8.13. The molecule has 5 N–H and O–H groups in total. The summed E-state index contributed by atoms with van der Waals surface area (Å²) in [6.45, 7) is 0.588. The van der Waals surface area contributed by atoms with Gasteiger partial charge < -0.3 is 28.4 Å². The number of rotatable bonds is 2. The van der Waals surface area contributed by atoms with E-state index in [0.29, 0.717) is 6.54 Å². The summed E-state index contributed by atoms with van der Waals surface area (Å²) < 4.78 is 0. The normalized spacial score (nSPS) is 7.62. The molecule has 0 unspecified atom stereocenters. The van der Waals surface area contributed by atoms with Crippen LogP contribution in [-0.4, -0.2) is 17.5 Å². The molecule has 0 aromatic rings. The third-order valence-electron chi connectivity index (χ3n) is 0.375. The molecular formula is C3H9BrN3S-. The van der Waals surface area contributed by atoms with Crippen molar-refractivity contribution in [3.05, 3.63) is 0 Å². The Bertz CT molecular complexity index is 67.5. The van der Waals surface area contributed by atoms with E-state index in [4.69, 9.17) is 16.9 Å². The number of amidine groups is 1. The van der Waals surface area contributed by atoms with Gasteiger partial charge in [-0.1, -0.05) is 11.8 Å². The molecule has 0 spiro atoms. The quantitative estimate of drug-likeness (QED) is 0.320. The van der Waals surface area contributed by atoms with Gasteiger partial charge in [-0.25, -0.2) is 0 Å². The smallest absolute Gasteiger partial charge is 0.151 e. The molecule has 0 amide bonds. The van der Waals surface area contributed by atoms with E-state index < -0.39 is 0 Å². The molecule has 0 aliphatic heterocycles. The van der Waals surface area contributed by atoms with Crippen molar-refractivity contribution >= 4 is 16.9 Å². The molecule has 0 aliphatic carbocycles. The van der Waals surface area contributed by atoms with E-state index in [1.807, 2.05) is 0 Å². The van der Waals surface area contributed by atoms with E-state index in [0.717, 1.165) is 5.75 Å². The Labute approximate surface area is 63.5 Å². The fourth-order valence-electron chi connectivity index (χ4n) is 0.169. The lowest BCUT2D eigenvalue weighted by Crippen LogP contribution is -3.00. The molecule has 50 valence electrons. The zero-order chi connectivity index (χ0) is 5.70. The molecular weight excluding hydrogens is 190 g/mol. The van der Waals surface area contributed by atoms with Crippen molar-refractivity contribution < 1.29 is 17.0 Å². The van der Waals surface area contributed by atoms with Gasteiger partial charge in [-0.2, -0.15) is 0 Å². The predicted octanol–water partition coefficient (Wildman–Crippen LogP) is -3.42. The Kier molecular flexibility index (Phi) is 10.1. The summed E-state index contributed by atoms with van der Waals surface area (Å²) in [6.07, 6.45) is 0. The van der Waals surface area contributed by atoms with Gasteiger partial charge in [-0.15, -0.1) is 0 Å². The van der Waals surface area contributed by atoms with Crippen LogP contribution in [0.3, 0.4) is 0 Å². The highest BCUT2D eigenvalue weighted by atomic mass is 79.9.